The molecule has 0 saturated heterocycles. The Morgan fingerprint density at radius 1 is 1.20 bits per heavy atom. The van der Waals surface area contributed by atoms with Gasteiger partial charge in [0.25, 0.3) is 0 Å². The third-order valence-corrected chi connectivity index (χ3v) is 4.13. The van der Waals surface area contributed by atoms with Gasteiger partial charge in [0.2, 0.25) is 17.5 Å². The Hall–Kier alpha value is -2.78. The van der Waals surface area contributed by atoms with Gasteiger partial charge < -0.3 is 14.5 Å². The van der Waals surface area contributed by atoms with Crippen molar-refractivity contribution >= 4 is 21.8 Å². The van der Waals surface area contributed by atoms with Gasteiger partial charge in [-0.3, -0.25) is 0 Å². The summed E-state index contributed by atoms with van der Waals surface area (Å²) in [7, 11) is 0. The molecule has 0 bridgehead atoms. The van der Waals surface area contributed by atoms with E-state index in [1.165, 1.54) is 0 Å². The number of nitrogens with zero attached hydrogens (tertiary/aromatic N) is 2. The normalized spacial score (nSPS) is 11.6. The van der Waals surface area contributed by atoms with Crippen molar-refractivity contribution in [3.05, 3.63) is 76.2 Å². The van der Waals surface area contributed by atoms with Crippen molar-refractivity contribution in [2.75, 3.05) is 5.32 Å². The predicted octanol–water partition coefficient (Wildman–Crippen LogP) is 5.06. The summed E-state index contributed by atoms with van der Waals surface area (Å²) in [5, 5.41) is 12.5. The minimum Gasteiger partial charge on any atom is -0.484 e. The lowest BCUT2D eigenvalue weighted by Gasteiger charge is -2.13. The fourth-order valence-corrected chi connectivity index (χ4v) is 2.56. The summed E-state index contributed by atoms with van der Waals surface area (Å²) in [5.41, 5.74) is 1.31. The minimum atomic E-state index is -0.0125. The van der Waals surface area contributed by atoms with Crippen LogP contribution >= 0.6 is 15.9 Å². The van der Waals surface area contributed by atoms with Crippen molar-refractivity contribution in [1.82, 2.24) is 4.98 Å². The average Bonchev–Trinajstić information content (AvgIpc) is 3.04. The van der Waals surface area contributed by atoms with E-state index in [2.05, 4.69) is 26.2 Å². The molecule has 1 atom stereocenters. The number of halogens is 1. The van der Waals surface area contributed by atoms with Crippen molar-refractivity contribution in [1.29, 1.82) is 5.26 Å². The second kappa shape index (κ2) is 7.86. The minimum absolute atomic E-state index is 0.0125. The number of oxazole rings is 1. The highest BCUT2D eigenvalue weighted by molar-refractivity contribution is 9.10. The molecule has 1 aromatic heterocycles. The van der Waals surface area contributed by atoms with Gasteiger partial charge in [0.05, 0.1) is 6.04 Å². The van der Waals surface area contributed by atoms with Crippen LogP contribution in [0.25, 0.3) is 0 Å². The molecule has 126 valence electrons. The number of anilines is 1. The molecule has 0 radical (unpaired) electrons. The number of nitrogens with one attached hydrogen (secondary N) is 1. The fraction of sp³-hybridized carbons (Fsp3) is 0.158. The number of hydrogen-bond donors (Lipinski definition) is 1. The molecular formula is C19H16BrN3O2. The van der Waals surface area contributed by atoms with E-state index in [0.29, 0.717) is 17.5 Å². The molecule has 0 spiro atoms. The number of benzene rings is 2. The third-order valence-electron chi connectivity index (χ3n) is 3.60. The fourth-order valence-electron chi connectivity index (χ4n) is 2.30. The van der Waals surface area contributed by atoms with Gasteiger partial charge >= 0.3 is 0 Å². The van der Waals surface area contributed by atoms with E-state index in [4.69, 9.17) is 9.15 Å². The highest BCUT2D eigenvalue weighted by Gasteiger charge is 2.16. The van der Waals surface area contributed by atoms with E-state index >= 15 is 0 Å². The molecule has 0 aliphatic heterocycles. The van der Waals surface area contributed by atoms with Gasteiger partial charge in [-0.05, 0) is 36.8 Å². The van der Waals surface area contributed by atoms with Crippen LogP contribution in [0.3, 0.4) is 0 Å². The van der Waals surface area contributed by atoms with Crippen LogP contribution in [0.1, 0.15) is 30.1 Å². The molecule has 1 unspecified atom stereocenters. The van der Waals surface area contributed by atoms with Gasteiger partial charge in [0.1, 0.15) is 11.8 Å². The molecule has 5 nitrogen and oxygen atoms in total. The van der Waals surface area contributed by atoms with Crippen LogP contribution in [0.15, 0.2) is 63.5 Å². The van der Waals surface area contributed by atoms with Crippen molar-refractivity contribution in [2.24, 2.45) is 0 Å². The number of nitriles is 1. The third kappa shape index (κ3) is 4.40. The monoisotopic (exact) mass is 397 g/mol. The van der Waals surface area contributed by atoms with E-state index in [1.54, 1.807) is 0 Å². The molecule has 0 saturated carbocycles. The number of ether oxygens (including phenoxy) is 1. The molecule has 25 heavy (non-hydrogen) atoms. The van der Waals surface area contributed by atoms with Gasteiger partial charge in [0, 0.05) is 4.47 Å². The Morgan fingerprint density at radius 2 is 1.92 bits per heavy atom. The maximum absolute atomic E-state index is 9.27. The molecule has 6 heteroatoms. The van der Waals surface area contributed by atoms with E-state index in [0.717, 1.165) is 10.0 Å². The van der Waals surface area contributed by atoms with E-state index in [1.807, 2.05) is 67.6 Å². The first-order chi connectivity index (χ1) is 12.2. The summed E-state index contributed by atoms with van der Waals surface area (Å²) >= 11 is 3.38. The first kappa shape index (κ1) is 17.1. The second-order valence-electron chi connectivity index (χ2n) is 5.42. The first-order valence-electron chi connectivity index (χ1n) is 7.75. The molecule has 0 amide bonds. The van der Waals surface area contributed by atoms with Crippen LogP contribution in [-0.2, 0) is 6.61 Å². The topological polar surface area (TPSA) is 71.1 Å². The second-order valence-corrected chi connectivity index (χ2v) is 6.33. The highest BCUT2D eigenvalue weighted by atomic mass is 79.9. The average molecular weight is 398 g/mol. The summed E-state index contributed by atoms with van der Waals surface area (Å²) < 4.78 is 12.3. The summed E-state index contributed by atoms with van der Waals surface area (Å²) in [6.07, 6.45) is 0. The Kier molecular flexibility index (Phi) is 5.36. The predicted molar refractivity (Wildman–Crippen MR) is 98.2 cm³/mol. The summed E-state index contributed by atoms with van der Waals surface area (Å²) in [4.78, 5) is 4.18. The largest absolute Gasteiger partial charge is 0.484 e. The molecular weight excluding hydrogens is 382 g/mol. The quantitative estimate of drug-likeness (QED) is 0.629. The Labute approximate surface area is 154 Å². The zero-order chi connectivity index (χ0) is 17.6. The van der Waals surface area contributed by atoms with E-state index in [9.17, 15) is 5.26 Å². The molecule has 3 aromatic rings. The van der Waals surface area contributed by atoms with Gasteiger partial charge in [-0.1, -0.05) is 46.3 Å². The number of aromatic nitrogens is 1. The molecule has 3 rings (SSSR count). The molecule has 1 N–H and O–H groups in total. The maximum Gasteiger partial charge on any atom is 0.236 e. The SMILES string of the molecule is CC(Nc1oc(COc2ccc(Br)cc2)nc1C#N)c1ccccc1. The standard InChI is InChI=1S/C19H16BrN3O2/c1-13(14-5-3-2-4-6-14)22-19-17(11-21)23-18(25-19)12-24-16-9-7-15(20)8-10-16/h2-10,13,22H,12H2,1H3. The molecule has 2 aromatic carbocycles. The summed E-state index contributed by atoms with van der Waals surface area (Å²) in [6.45, 7) is 2.15. The van der Waals surface area contributed by atoms with E-state index < -0.39 is 0 Å². The van der Waals surface area contributed by atoms with Crippen molar-refractivity contribution in [2.45, 2.75) is 19.6 Å². The molecule has 1 heterocycles. The van der Waals surface area contributed by atoms with Crippen LogP contribution in [0.5, 0.6) is 5.75 Å². The lowest BCUT2D eigenvalue weighted by Crippen LogP contribution is -2.06. The highest BCUT2D eigenvalue weighted by Crippen LogP contribution is 2.24. The molecule has 0 fully saturated rings. The van der Waals surface area contributed by atoms with Gasteiger partial charge in [-0.15, -0.1) is 0 Å². The zero-order valence-electron chi connectivity index (χ0n) is 13.6. The van der Waals surface area contributed by atoms with Gasteiger partial charge in [0.15, 0.2) is 6.61 Å². The Balaban J connectivity index is 1.69. The lowest BCUT2D eigenvalue weighted by atomic mass is 10.1. The summed E-state index contributed by atoms with van der Waals surface area (Å²) in [6, 6.07) is 19.4. The van der Waals surface area contributed by atoms with Gasteiger partial charge in [-0.25, -0.2) is 0 Å². The zero-order valence-corrected chi connectivity index (χ0v) is 15.2. The summed E-state index contributed by atoms with van der Waals surface area (Å²) in [5.74, 6) is 1.41. The van der Waals surface area contributed by atoms with Crippen LogP contribution in [0.4, 0.5) is 5.88 Å². The Morgan fingerprint density at radius 3 is 2.60 bits per heavy atom. The van der Waals surface area contributed by atoms with E-state index in [-0.39, 0.29) is 18.3 Å². The van der Waals surface area contributed by atoms with Crippen molar-refractivity contribution < 1.29 is 9.15 Å². The Bertz CT molecular complexity index is 870. The van der Waals surface area contributed by atoms with Crippen LogP contribution in [0.2, 0.25) is 0 Å². The molecule has 0 aliphatic rings. The number of hydrogen-bond acceptors (Lipinski definition) is 5. The molecule has 0 aliphatic carbocycles. The van der Waals surface area contributed by atoms with Crippen LogP contribution < -0.4 is 10.1 Å². The first-order valence-corrected chi connectivity index (χ1v) is 8.54. The lowest BCUT2D eigenvalue weighted by molar-refractivity contribution is 0.264. The van der Waals surface area contributed by atoms with Gasteiger partial charge in [-0.2, -0.15) is 10.2 Å². The van der Waals surface area contributed by atoms with Crippen LogP contribution in [0, 0.1) is 11.3 Å². The number of rotatable bonds is 6. The van der Waals surface area contributed by atoms with Crippen molar-refractivity contribution in [3.63, 3.8) is 0 Å². The maximum atomic E-state index is 9.27. The smallest absolute Gasteiger partial charge is 0.236 e. The van der Waals surface area contributed by atoms with Crippen molar-refractivity contribution in [3.8, 4) is 11.8 Å². The van der Waals surface area contributed by atoms with Crippen LogP contribution in [-0.4, -0.2) is 4.98 Å².